The number of nitrogens with one attached hydrogen (secondary N) is 2. The second-order valence-electron chi connectivity index (χ2n) is 6.56. The summed E-state index contributed by atoms with van der Waals surface area (Å²) in [5.74, 6) is 0.679. The van der Waals surface area contributed by atoms with Crippen LogP contribution in [0.1, 0.15) is 11.4 Å². The number of rotatable bonds is 4. The number of anilines is 1. The fourth-order valence-corrected chi connectivity index (χ4v) is 2.98. The van der Waals surface area contributed by atoms with E-state index in [9.17, 15) is 5.11 Å². The first-order valence-corrected chi connectivity index (χ1v) is 8.58. The molecule has 2 aromatic carbocycles. The maximum absolute atomic E-state index is 10.4. The Balaban J connectivity index is 1.54. The number of aromatic nitrogens is 2. The molecule has 3 aromatic rings. The number of hydrogen-bond donors (Lipinski definition) is 3. The average molecular weight is 360 g/mol. The Kier molecular flexibility index (Phi) is 4.12. The third-order valence-corrected chi connectivity index (χ3v) is 4.46. The van der Waals surface area contributed by atoms with Crippen LogP contribution in [-0.4, -0.2) is 52.8 Å². The lowest BCUT2D eigenvalue weighted by Crippen LogP contribution is -2.21. The van der Waals surface area contributed by atoms with Gasteiger partial charge in [-0.25, -0.2) is 9.99 Å². The lowest BCUT2D eigenvalue weighted by Gasteiger charge is -2.13. The topological polar surface area (TPSA) is 91.6 Å². The lowest BCUT2D eigenvalue weighted by atomic mass is 10.2. The van der Waals surface area contributed by atoms with Gasteiger partial charge in [-0.05, 0) is 29.8 Å². The minimum absolute atomic E-state index is 0.0826. The third kappa shape index (κ3) is 3.15. The number of imidazole rings is 1. The largest absolute Gasteiger partial charge is 0.509 e. The zero-order valence-electron chi connectivity index (χ0n) is 15.1. The van der Waals surface area contributed by atoms with E-state index in [1.54, 1.807) is 6.21 Å². The van der Waals surface area contributed by atoms with E-state index >= 15 is 0 Å². The number of fused-ring (bicyclic) bond motifs is 1. The molecular formula is C20H20N6O. The molecule has 0 fully saturated rings. The number of aliphatic hydroxyl groups excluding tert-OH is 1. The zero-order chi connectivity index (χ0) is 19.0. The lowest BCUT2D eigenvalue weighted by molar-refractivity contribution is 0.358. The van der Waals surface area contributed by atoms with Crippen molar-refractivity contribution in [3.63, 3.8) is 0 Å². The van der Waals surface area contributed by atoms with Crippen molar-refractivity contribution in [2.24, 2.45) is 5.10 Å². The number of hydrogen-bond acceptors (Lipinski definition) is 5. The molecule has 0 aliphatic carbocycles. The monoisotopic (exact) mass is 360 g/mol. The van der Waals surface area contributed by atoms with Gasteiger partial charge in [-0.3, -0.25) is 5.41 Å². The second-order valence-corrected chi connectivity index (χ2v) is 6.56. The number of hydrazone groups is 1. The van der Waals surface area contributed by atoms with Crippen LogP contribution in [0.5, 0.6) is 0 Å². The van der Waals surface area contributed by atoms with Crippen molar-refractivity contribution in [1.82, 2.24) is 15.0 Å². The van der Waals surface area contributed by atoms with Gasteiger partial charge < -0.3 is 15.0 Å². The first-order chi connectivity index (χ1) is 13.0. The van der Waals surface area contributed by atoms with Gasteiger partial charge >= 0.3 is 0 Å². The fraction of sp³-hybridized carbons (Fsp3) is 0.150. The van der Waals surface area contributed by atoms with Gasteiger partial charge in [0, 0.05) is 19.8 Å². The van der Waals surface area contributed by atoms with Crippen LogP contribution < -0.4 is 4.90 Å². The van der Waals surface area contributed by atoms with Crippen LogP contribution in [0.15, 0.2) is 59.4 Å². The molecule has 0 saturated heterocycles. The highest BCUT2D eigenvalue weighted by Gasteiger charge is 2.30. The van der Waals surface area contributed by atoms with E-state index in [0.29, 0.717) is 11.4 Å². The van der Waals surface area contributed by atoms with Crippen molar-refractivity contribution in [2.45, 2.75) is 0 Å². The van der Waals surface area contributed by atoms with Crippen molar-refractivity contribution >= 4 is 34.3 Å². The molecule has 7 nitrogen and oxygen atoms in total. The maximum atomic E-state index is 10.4. The Morgan fingerprint density at radius 3 is 2.63 bits per heavy atom. The second kappa shape index (κ2) is 6.60. The molecule has 0 amide bonds. The van der Waals surface area contributed by atoms with Gasteiger partial charge in [-0.1, -0.05) is 24.3 Å². The Morgan fingerprint density at radius 2 is 1.93 bits per heavy atom. The predicted octanol–water partition coefficient (Wildman–Crippen LogP) is 3.22. The third-order valence-electron chi connectivity index (χ3n) is 4.46. The van der Waals surface area contributed by atoms with Gasteiger partial charge in [0.15, 0.2) is 5.84 Å². The molecule has 1 aliphatic rings. The SMILES string of the molecule is CN(C)c1ccc(/C=N\N2CC(O)=C(c3nc4ccccc4[nH]3)C2=N)cc1. The fourth-order valence-electron chi connectivity index (χ4n) is 2.98. The summed E-state index contributed by atoms with van der Waals surface area (Å²) in [6.07, 6.45) is 1.68. The number of aliphatic hydroxyl groups is 1. The summed E-state index contributed by atoms with van der Waals surface area (Å²) in [5, 5.41) is 24.6. The quantitative estimate of drug-likeness (QED) is 0.623. The molecule has 0 atom stereocenters. The highest BCUT2D eigenvalue weighted by Crippen LogP contribution is 2.27. The van der Waals surface area contributed by atoms with Crippen molar-refractivity contribution < 1.29 is 5.11 Å². The molecule has 2 heterocycles. The van der Waals surface area contributed by atoms with Gasteiger partial charge in [-0.2, -0.15) is 5.10 Å². The molecule has 0 radical (unpaired) electrons. The molecule has 7 heteroatoms. The molecule has 1 aromatic heterocycles. The number of amidine groups is 1. The average Bonchev–Trinajstić information content (AvgIpc) is 3.20. The molecule has 1 aliphatic heterocycles. The molecule has 27 heavy (non-hydrogen) atoms. The Bertz CT molecular complexity index is 1030. The molecule has 0 spiro atoms. The number of aromatic amines is 1. The van der Waals surface area contributed by atoms with Crippen molar-refractivity contribution in [1.29, 1.82) is 5.41 Å². The smallest absolute Gasteiger partial charge is 0.156 e. The van der Waals surface area contributed by atoms with Crippen LogP contribution in [0.25, 0.3) is 16.6 Å². The van der Waals surface area contributed by atoms with E-state index in [0.717, 1.165) is 22.3 Å². The van der Waals surface area contributed by atoms with Gasteiger partial charge in [0.25, 0.3) is 0 Å². The Hall–Kier alpha value is -3.61. The molecular weight excluding hydrogens is 340 g/mol. The summed E-state index contributed by atoms with van der Waals surface area (Å²) >= 11 is 0. The van der Waals surface area contributed by atoms with Crippen molar-refractivity contribution in [2.75, 3.05) is 25.5 Å². The number of H-pyrrole nitrogens is 1. The van der Waals surface area contributed by atoms with E-state index in [-0.39, 0.29) is 18.1 Å². The summed E-state index contributed by atoms with van der Waals surface area (Å²) in [7, 11) is 3.98. The van der Waals surface area contributed by atoms with Crippen LogP contribution in [0, 0.1) is 5.41 Å². The summed E-state index contributed by atoms with van der Waals surface area (Å²) < 4.78 is 0. The van der Waals surface area contributed by atoms with Gasteiger partial charge in [0.05, 0.1) is 17.2 Å². The number of para-hydroxylation sites is 2. The Morgan fingerprint density at radius 1 is 1.19 bits per heavy atom. The summed E-state index contributed by atoms with van der Waals surface area (Å²) in [5.41, 5.74) is 4.07. The first kappa shape index (κ1) is 16.8. The van der Waals surface area contributed by atoms with Gasteiger partial charge in [0.2, 0.25) is 0 Å². The summed E-state index contributed by atoms with van der Waals surface area (Å²) in [4.78, 5) is 9.66. The van der Waals surface area contributed by atoms with Gasteiger partial charge in [-0.15, -0.1) is 0 Å². The van der Waals surface area contributed by atoms with E-state index < -0.39 is 0 Å². The van der Waals surface area contributed by atoms with Crippen LogP contribution >= 0.6 is 0 Å². The highest BCUT2D eigenvalue weighted by atomic mass is 16.3. The zero-order valence-corrected chi connectivity index (χ0v) is 15.1. The van der Waals surface area contributed by atoms with Gasteiger partial charge in [0.1, 0.15) is 23.7 Å². The van der Waals surface area contributed by atoms with Crippen molar-refractivity contribution in [3.8, 4) is 0 Å². The molecule has 0 unspecified atom stereocenters. The summed E-state index contributed by atoms with van der Waals surface area (Å²) in [6, 6.07) is 15.6. The molecule has 136 valence electrons. The predicted molar refractivity (Wildman–Crippen MR) is 108 cm³/mol. The van der Waals surface area contributed by atoms with E-state index in [1.807, 2.05) is 67.5 Å². The minimum atomic E-state index is 0.0826. The molecule has 3 N–H and O–H groups in total. The van der Waals surface area contributed by atoms with Crippen LogP contribution in [0.3, 0.4) is 0 Å². The molecule has 4 rings (SSSR count). The minimum Gasteiger partial charge on any atom is -0.509 e. The van der Waals surface area contributed by atoms with E-state index in [2.05, 4.69) is 15.1 Å². The first-order valence-electron chi connectivity index (χ1n) is 8.58. The molecule has 0 bridgehead atoms. The van der Waals surface area contributed by atoms with Crippen LogP contribution in [0.2, 0.25) is 0 Å². The van der Waals surface area contributed by atoms with Crippen LogP contribution in [-0.2, 0) is 0 Å². The highest BCUT2D eigenvalue weighted by molar-refractivity contribution is 6.23. The number of nitrogens with zero attached hydrogens (tertiary/aromatic N) is 4. The maximum Gasteiger partial charge on any atom is 0.156 e. The van der Waals surface area contributed by atoms with Crippen molar-refractivity contribution in [3.05, 3.63) is 65.7 Å². The van der Waals surface area contributed by atoms with Crippen LogP contribution in [0.4, 0.5) is 5.69 Å². The van der Waals surface area contributed by atoms with E-state index in [1.165, 1.54) is 5.01 Å². The summed E-state index contributed by atoms with van der Waals surface area (Å²) in [6.45, 7) is 0.150. The standard InChI is InChI=1S/C20H20N6O/c1-25(2)14-9-7-13(8-10-14)11-22-26-12-17(27)18(19(26)21)20-23-15-5-3-4-6-16(15)24-20/h3-11,21,27H,12H2,1-2H3,(H,23,24)/b21-19?,22-11-. The number of benzene rings is 2. The Labute approximate surface area is 156 Å². The molecule has 0 saturated carbocycles. The normalized spacial score (nSPS) is 14.7. The van der Waals surface area contributed by atoms with E-state index in [4.69, 9.17) is 5.41 Å².